The van der Waals surface area contributed by atoms with Crippen molar-refractivity contribution >= 4 is 57.0 Å². The minimum Gasteiger partial charge on any atom is -0.493 e. The van der Waals surface area contributed by atoms with Crippen molar-refractivity contribution in [3.8, 4) is 11.5 Å². The second-order valence-corrected chi connectivity index (χ2v) is 10.00. The third-order valence-electron chi connectivity index (χ3n) is 6.21. The van der Waals surface area contributed by atoms with E-state index in [0.29, 0.717) is 11.3 Å². The summed E-state index contributed by atoms with van der Waals surface area (Å²) in [6.45, 7) is -0.201. The summed E-state index contributed by atoms with van der Waals surface area (Å²) in [4.78, 5) is 49.9. The highest BCUT2D eigenvalue weighted by Gasteiger charge is 2.35. The van der Waals surface area contributed by atoms with Crippen LogP contribution in [0.4, 0.5) is 16.2 Å². The second-order valence-electron chi connectivity index (χ2n) is 9.00. The number of hydrogen-bond donors (Lipinski definition) is 1. The van der Waals surface area contributed by atoms with E-state index >= 15 is 0 Å². The average molecular weight is 570 g/mol. The maximum Gasteiger partial charge on any atom is 0.293 e. The van der Waals surface area contributed by atoms with E-state index < -0.39 is 10.8 Å². The van der Waals surface area contributed by atoms with Crippen molar-refractivity contribution in [1.29, 1.82) is 0 Å². The Labute approximate surface area is 238 Å². The van der Waals surface area contributed by atoms with Gasteiger partial charge in [0.25, 0.3) is 22.7 Å². The summed E-state index contributed by atoms with van der Waals surface area (Å²) >= 11 is 0.866. The molecule has 1 saturated heterocycles. The smallest absolute Gasteiger partial charge is 0.293 e. The Morgan fingerprint density at radius 3 is 2.56 bits per heavy atom. The molecule has 0 bridgehead atoms. The average Bonchev–Trinajstić information content (AvgIpc) is 3.23. The molecular weight excluding hydrogens is 546 g/mol. The van der Waals surface area contributed by atoms with Gasteiger partial charge in [0.15, 0.2) is 18.1 Å². The summed E-state index contributed by atoms with van der Waals surface area (Å²) in [6, 6.07) is 24.2. The van der Waals surface area contributed by atoms with Crippen LogP contribution in [-0.2, 0) is 16.1 Å². The van der Waals surface area contributed by atoms with Crippen LogP contribution in [0.1, 0.15) is 11.1 Å². The summed E-state index contributed by atoms with van der Waals surface area (Å²) in [5, 5.41) is 15.2. The molecule has 1 aliphatic rings. The van der Waals surface area contributed by atoms with Crippen molar-refractivity contribution in [2.24, 2.45) is 0 Å². The maximum atomic E-state index is 13.1. The van der Waals surface area contributed by atoms with Gasteiger partial charge >= 0.3 is 0 Å². The summed E-state index contributed by atoms with van der Waals surface area (Å²) in [5.74, 6) is -0.303. The largest absolute Gasteiger partial charge is 0.493 e. The molecule has 1 fully saturated rings. The van der Waals surface area contributed by atoms with Crippen molar-refractivity contribution in [2.45, 2.75) is 6.54 Å². The van der Waals surface area contributed by atoms with Gasteiger partial charge in [0, 0.05) is 17.8 Å². The molecule has 41 heavy (non-hydrogen) atoms. The molecule has 1 N–H and O–H groups in total. The molecular formula is C30H23N3O7S. The lowest BCUT2D eigenvalue weighted by Gasteiger charge is -2.13. The van der Waals surface area contributed by atoms with Crippen molar-refractivity contribution in [1.82, 2.24) is 4.90 Å². The predicted molar refractivity (Wildman–Crippen MR) is 156 cm³/mol. The Kier molecular flexibility index (Phi) is 7.97. The number of nitrogens with one attached hydrogen (secondary N) is 1. The van der Waals surface area contributed by atoms with Crippen molar-refractivity contribution in [3.63, 3.8) is 0 Å². The van der Waals surface area contributed by atoms with Gasteiger partial charge in [0.2, 0.25) is 0 Å². The first kappa shape index (κ1) is 27.4. The highest BCUT2D eigenvalue weighted by Crippen LogP contribution is 2.35. The lowest BCUT2D eigenvalue weighted by molar-refractivity contribution is -0.384. The number of hydrogen-bond acceptors (Lipinski definition) is 8. The zero-order valence-corrected chi connectivity index (χ0v) is 22.6. The molecule has 0 unspecified atom stereocenters. The number of non-ortho nitro benzene ring substituents is 1. The quantitative estimate of drug-likeness (QED) is 0.147. The third kappa shape index (κ3) is 6.36. The SMILES string of the molecule is COc1cc(/C=C2\SC(=O)N(Cc3ccc4ccccc4c3)C2=O)ccc1OCC(=O)Nc1cccc([N+](=O)[O-])c1. The molecule has 0 saturated carbocycles. The minimum atomic E-state index is -0.552. The highest BCUT2D eigenvalue weighted by molar-refractivity contribution is 8.18. The number of carbonyl (C=O) groups excluding carboxylic acids is 3. The number of anilines is 1. The van der Waals surface area contributed by atoms with E-state index in [1.54, 1.807) is 24.3 Å². The summed E-state index contributed by atoms with van der Waals surface area (Å²) < 4.78 is 11.0. The molecule has 0 aliphatic carbocycles. The number of rotatable bonds is 9. The summed E-state index contributed by atoms with van der Waals surface area (Å²) in [5.41, 5.74) is 1.58. The number of benzene rings is 4. The van der Waals surface area contributed by atoms with Crippen molar-refractivity contribution in [2.75, 3.05) is 19.0 Å². The zero-order valence-electron chi connectivity index (χ0n) is 21.7. The molecule has 3 amide bonds. The van der Waals surface area contributed by atoms with Gasteiger partial charge in [-0.3, -0.25) is 29.4 Å². The number of nitrogens with zero attached hydrogens (tertiary/aromatic N) is 2. The van der Waals surface area contributed by atoms with Crippen LogP contribution in [0.25, 0.3) is 16.8 Å². The first-order valence-electron chi connectivity index (χ1n) is 12.4. The molecule has 0 atom stereocenters. The number of amides is 3. The van der Waals surface area contributed by atoms with E-state index in [1.807, 2.05) is 42.5 Å². The Balaban J connectivity index is 1.24. The van der Waals surface area contributed by atoms with Gasteiger partial charge < -0.3 is 14.8 Å². The van der Waals surface area contributed by atoms with Gasteiger partial charge in [0.1, 0.15) is 0 Å². The van der Waals surface area contributed by atoms with Crippen LogP contribution in [0.15, 0.2) is 89.8 Å². The van der Waals surface area contributed by atoms with E-state index in [2.05, 4.69) is 5.32 Å². The fourth-order valence-electron chi connectivity index (χ4n) is 4.24. The van der Waals surface area contributed by atoms with E-state index in [9.17, 15) is 24.5 Å². The minimum absolute atomic E-state index is 0.146. The van der Waals surface area contributed by atoms with Gasteiger partial charge in [-0.25, -0.2) is 0 Å². The molecule has 4 aromatic rings. The maximum absolute atomic E-state index is 13.1. The van der Waals surface area contributed by atoms with E-state index in [4.69, 9.17) is 9.47 Å². The molecule has 10 nitrogen and oxygen atoms in total. The number of thioether (sulfide) groups is 1. The monoisotopic (exact) mass is 569 g/mol. The number of ether oxygens (including phenoxy) is 2. The number of methoxy groups -OCH3 is 1. The van der Waals surface area contributed by atoms with Crippen LogP contribution in [0.3, 0.4) is 0 Å². The van der Waals surface area contributed by atoms with Crippen LogP contribution in [0.2, 0.25) is 0 Å². The van der Waals surface area contributed by atoms with Crippen molar-refractivity contribution < 1.29 is 28.8 Å². The molecule has 206 valence electrons. The number of nitro groups is 1. The van der Waals surface area contributed by atoms with Crippen LogP contribution in [0.5, 0.6) is 11.5 Å². The van der Waals surface area contributed by atoms with E-state index in [-0.39, 0.29) is 46.3 Å². The summed E-state index contributed by atoms with van der Waals surface area (Å²) in [6.07, 6.45) is 1.60. The molecule has 1 aliphatic heterocycles. The fourth-order valence-corrected chi connectivity index (χ4v) is 5.08. The van der Waals surface area contributed by atoms with Crippen molar-refractivity contribution in [3.05, 3.63) is 111 Å². The Morgan fingerprint density at radius 2 is 1.78 bits per heavy atom. The van der Waals surface area contributed by atoms with Gasteiger partial charge in [0.05, 0.1) is 23.5 Å². The van der Waals surface area contributed by atoms with Gasteiger partial charge in [-0.15, -0.1) is 0 Å². The molecule has 5 rings (SSSR count). The number of carbonyl (C=O) groups is 3. The number of fused-ring (bicyclic) bond motifs is 1. The lowest BCUT2D eigenvalue weighted by atomic mass is 10.1. The van der Waals surface area contributed by atoms with E-state index in [0.717, 1.165) is 28.1 Å². The molecule has 1 heterocycles. The normalized spacial score (nSPS) is 14.0. The number of nitro benzene ring substituents is 1. The van der Waals surface area contributed by atoms with Gasteiger partial charge in [-0.1, -0.05) is 48.5 Å². The Hall–Kier alpha value is -5.16. The molecule has 0 radical (unpaired) electrons. The standard InChI is InChI=1S/C30H23N3O7S/c1-39-26-14-19(10-12-25(26)40-18-28(34)31-23-7-4-8-24(16-23)33(37)38)15-27-29(35)32(30(36)41-27)17-20-9-11-21-5-2-3-6-22(21)13-20/h2-16H,17-18H2,1H3,(H,31,34)/b27-15-. The topological polar surface area (TPSA) is 128 Å². The first-order chi connectivity index (χ1) is 19.8. The third-order valence-corrected chi connectivity index (χ3v) is 7.12. The van der Waals surface area contributed by atoms with Crippen LogP contribution < -0.4 is 14.8 Å². The lowest BCUT2D eigenvalue weighted by Crippen LogP contribution is -2.27. The fraction of sp³-hybridized carbons (Fsp3) is 0.100. The van der Waals surface area contributed by atoms with Crippen LogP contribution in [0, 0.1) is 10.1 Å². The Bertz CT molecular complexity index is 1720. The Morgan fingerprint density at radius 1 is 0.976 bits per heavy atom. The van der Waals surface area contributed by atoms with Gasteiger partial charge in [-0.2, -0.15) is 0 Å². The summed E-state index contributed by atoms with van der Waals surface area (Å²) in [7, 11) is 1.44. The zero-order chi connectivity index (χ0) is 28.9. The molecule has 4 aromatic carbocycles. The first-order valence-corrected chi connectivity index (χ1v) is 13.2. The highest BCUT2D eigenvalue weighted by atomic mass is 32.2. The van der Waals surface area contributed by atoms with E-state index in [1.165, 1.54) is 36.3 Å². The molecule has 0 aromatic heterocycles. The van der Waals surface area contributed by atoms with Crippen LogP contribution in [-0.4, -0.2) is 40.6 Å². The van der Waals surface area contributed by atoms with Crippen LogP contribution >= 0.6 is 11.8 Å². The van der Waals surface area contributed by atoms with Gasteiger partial charge in [-0.05, 0) is 64.0 Å². The molecule has 0 spiro atoms. The molecule has 11 heteroatoms. The number of imide groups is 1. The second kappa shape index (κ2) is 11.9. The predicted octanol–water partition coefficient (Wildman–Crippen LogP) is 6.01.